The zero-order chi connectivity index (χ0) is 18.2. The summed E-state index contributed by atoms with van der Waals surface area (Å²) in [6.07, 6.45) is 0. The third-order valence-corrected chi connectivity index (χ3v) is 4.31. The highest BCUT2D eigenvalue weighted by molar-refractivity contribution is 6.32. The van der Waals surface area contributed by atoms with Crippen molar-refractivity contribution in [2.45, 2.75) is 12.5 Å². The second kappa shape index (κ2) is 6.46. The van der Waals surface area contributed by atoms with Crippen molar-refractivity contribution in [1.29, 1.82) is 0 Å². The average Bonchev–Trinajstić information content (AvgIpc) is 2.56. The molecule has 0 aliphatic carbocycles. The minimum Gasteiger partial charge on any atom is -0.495 e. The van der Waals surface area contributed by atoms with Crippen LogP contribution in [0.4, 0.5) is 11.4 Å². The molecule has 0 bridgehead atoms. The molecular formula is C17H14Cl2N2O4. The van der Waals surface area contributed by atoms with Crippen molar-refractivity contribution in [3.63, 3.8) is 0 Å². The fourth-order valence-electron chi connectivity index (χ4n) is 2.34. The van der Waals surface area contributed by atoms with Crippen LogP contribution in [0.5, 0.6) is 11.5 Å². The highest BCUT2D eigenvalue weighted by Crippen LogP contribution is 2.36. The fourth-order valence-corrected chi connectivity index (χ4v) is 2.77. The summed E-state index contributed by atoms with van der Waals surface area (Å²) in [4.78, 5) is 25.0. The van der Waals surface area contributed by atoms with Crippen LogP contribution < -0.4 is 20.1 Å². The molecule has 2 N–H and O–H groups in total. The first-order valence-corrected chi connectivity index (χ1v) is 8.04. The predicted molar refractivity (Wildman–Crippen MR) is 95.7 cm³/mol. The van der Waals surface area contributed by atoms with Crippen LogP contribution in [0.2, 0.25) is 10.0 Å². The van der Waals surface area contributed by atoms with Gasteiger partial charge in [-0.1, -0.05) is 23.2 Å². The van der Waals surface area contributed by atoms with Crippen molar-refractivity contribution in [1.82, 2.24) is 0 Å². The zero-order valence-corrected chi connectivity index (χ0v) is 14.9. The van der Waals surface area contributed by atoms with Gasteiger partial charge >= 0.3 is 0 Å². The maximum Gasteiger partial charge on any atom is 0.278 e. The van der Waals surface area contributed by atoms with Gasteiger partial charge in [-0.15, -0.1) is 0 Å². The first kappa shape index (κ1) is 17.4. The number of anilines is 2. The second-order valence-electron chi connectivity index (χ2n) is 5.53. The standard InChI is InChI=1S/C17H14Cl2N2O4/c1-17(15(22)20-10-4-6-13(24-2)11(19)8-10)16(23)21-12-7-9(18)3-5-14(12)25-17/h3-8H,1-2H3,(H,20,22)(H,21,23). The SMILES string of the molecule is COc1ccc(NC(=O)C2(C)Oc3ccc(Cl)cc3NC2=O)cc1Cl. The van der Waals surface area contributed by atoms with E-state index in [1.54, 1.807) is 30.3 Å². The van der Waals surface area contributed by atoms with Crippen molar-refractivity contribution >= 4 is 46.4 Å². The van der Waals surface area contributed by atoms with Crippen LogP contribution in [0.1, 0.15) is 6.92 Å². The van der Waals surface area contributed by atoms with E-state index in [2.05, 4.69) is 10.6 Å². The second-order valence-corrected chi connectivity index (χ2v) is 6.38. The third kappa shape index (κ3) is 3.23. The quantitative estimate of drug-likeness (QED) is 0.795. The van der Waals surface area contributed by atoms with E-state index in [4.69, 9.17) is 32.7 Å². The number of ether oxygens (including phenoxy) is 2. The predicted octanol–water partition coefficient (Wildman–Crippen LogP) is 3.73. The van der Waals surface area contributed by atoms with Crippen molar-refractivity contribution in [2.75, 3.05) is 17.7 Å². The molecule has 1 aliphatic rings. The number of carbonyl (C=O) groups is 2. The molecule has 6 nitrogen and oxygen atoms in total. The summed E-state index contributed by atoms with van der Waals surface area (Å²) in [5, 5.41) is 6.04. The van der Waals surface area contributed by atoms with Crippen molar-refractivity contribution in [3.05, 3.63) is 46.4 Å². The van der Waals surface area contributed by atoms with Crippen LogP contribution >= 0.6 is 23.2 Å². The van der Waals surface area contributed by atoms with Crippen molar-refractivity contribution < 1.29 is 19.1 Å². The molecule has 0 spiro atoms. The molecule has 0 fully saturated rings. The molecule has 0 saturated carbocycles. The van der Waals surface area contributed by atoms with Gasteiger partial charge in [0.05, 0.1) is 17.8 Å². The lowest BCUT2D eigenvalue weighted by Crippen LogP contribution is -2.56. The number of nitrogens with one attached hydrogen (secondary N) is 2. The van der Waals surface area contributed by atoms with Gasteiger partial charge in [0.15, 0.2) is 0 Å². The van der Waals surface area contributed by atoms with E-state index in [1.807, 2.05) is 0 Å². The Morgan fingerprint density at radius 2 is 2.00 bits per heavy atom. The number of carbonyl (C=O) groups excluding carboxylic acids is 2. The maximum absolute atomic E-state index is 12.6. The minimum atomic E-state index is -1.74. The normalized spacial score (nSPS) is 18.6. The van der Waals surface area contributed by atoms with Crippen LogP contribution in [0, 0.1) is 0 Å². The molecule has 1 aliphatic heterocycles. The molecule has 2 amide bonds. The Balaban J connectivity index is 1.85. The summed E-state index contributed by atoms with van der Waals surface area (Å²) in [5.41, 5.74) is -0.918. The van der Waals surface area contributed by atoms with Crippen LogP contribution in [-0.4, -0.2) is 24.5 Å². The van der Waals surface area contributed by atoms with Gasteiger partial charge in [0.25, 0.3) is 17.4 Å². The van der Waals surface area contributed by atoms with Crippen LogP contribution in [0.25, 0.3) is 0 Å². The van der Waals surface area contributed by atoms with Gasteiger partial charge < -0.3 is 20.1 Å². The van der Waals surface area contributed by atoms with E-state index in [0.717, 1.165) is 0 Å². The monoisotopic (exact) mass is 380 g/mol. The topological polar surface area (TPSA) is 76.7 Å². The van der Waals surface area contributed by atoms with Crippen molar-refractivity contribution in [2.24, 2.45) is 0 Å². The number of methoxy groups -OCH3 is 1. The van der Waals surface area contributed by atoms with E-state index in [1.165, 1.54) is 20.1 Å². The van der Waals surface area contributed by atoms with Crippen LogP contribution in [0.15, 0.2) is 36.4 Å². The van der Waals surface area contributed by atoms with Gasteiger partial charge in [0, 0.05) is 10.7 Å². The smallest absolute Gasteiger partial charge is 0.278 e. The Morgan fingerprint density at radius 3 is 2.68 bits per heavy atom. The van der Waals surface area contributed by atoms with Crippen LogP contribution in [-0.2, 0) is 9.59 Å². The lowest BCUT2D eigenvalue weighted by molar-refractivity contribution is -0.143. The van der Waals surface area contributed by atoms with Gasteiger partial charge in [-0.3, -0.25) is 9.59 Å². The summed E-state index contributed by atoms with van der Waals surface area (Å²) in [6.45, 7) is 1.39. The lowest BCUT2D eigenvalue weighted by atomic mass is 10.0. The summed E-state index contributed by atoms with van der Waals surface area (Å²) < 4.78 is 10.7. The molecule has 130 valence electrons. The Bertz CT molecular complexity index is 872. The fraction of sp³-hybridized carbons (Fsp3) is 0.176. The van der Waals surface area contributed by atoms with Gasteiger partial charge in [-0.2, -0.15) is 0 Å². The summed E-state index contributed by atoms with van der Waals surface area (Å²) >= 11 is 11.9. The Hall–Kier alpha value is -2.44. The highest BCUT2D eigenvalue weighted by Gasteiger charge is 2.47. The molecule has 3 rings (SSSR count). The van der Waals surface area contributed by atoms with Gasteiger partial charge in [0.2, 0.25) is 0 Å². The van der Waals surface area contributed by atoms with Gasteiger partial charge in [-0.05, 0) is 43.3 Å². The number of hydrogen-bond donors (Lipinski definition) is 2. The Labute approximate surface area is 154 Å². The molecule has 25 heavy (non-hydrogen) atoms. The number of halogens is 2. The molecule has 0 saturated heterocycles. The van der Waals surface area contributed by atoms with E-state index in [-0.39, 0.29) is 0 Å². The Kier molecular flexibility index (Phi) is 4.49. The molecular weight excluding hydrogens is 367 g/mol. The molecule has 1 heterocycles. The third-order valence-electron chi connectivity index (χ3n) is 3.78. The number of hydrogen-bond acceptors (Lipinski definition) is 4. The van der Waals surface area contributed by atoms with Gasteiger partial charge in [0.1, 0.15) is 11.5 Å². The largest absolute Gasteiger partial charge is 0.495 e. The number of rotatable bonds is 3. The van der Waals surface area contributed by atoms with Crippen molar-refractivity contribution in [3.8, 4) is 11.5 Å². The summed E-state index contributed by atoms with van der Waals surface area (Å²) in [6, 6.07) is 9.50. The van der Waals surface area contributed by atoms with Crippen LogP contribution in [0.3, 0.4) is 0 Å². The minimum absolute atomic E-state index is 0.333. The molecule has 8 heteroatoms. The van der Waals surface area contributed by atoms with E-state index < -0.39 is 17.4 Å². The first-order valence-electron chi connectivity index (χ1n) is 7.28. The lowest BCUT2D eigenvalue weighted by Gasteiger charge is -2.33. The molecule has 2 aromatic carbocycles. The van der Waals surface area contributed by atoms with E-state index in [0.29, 0.717) is 32.9 Å². The van der Waals surface area contributed by atoms with E-state index >= 15 is 0 Å². The number of amides is 2. The number of benzene rings is 2. The summed E-state index contributed by atoms with van der Waals surface area (Å²) in [5.74, 6) is -0.399. The molecule has 0 radical (unpaired) electrons. The zero-order valence-electron chi connectivity index (χ0n) is 13.4. The molecule has 0 aromatic heterocycles. The maximum atomic E-state index is 12.6. The number of fused-ring (bicyclic) bond motifs is 1. The molecule has 1 atom stereocenters. The average molecular weight is 381 g/mol. The van der Waals surface area contributed by atoms with E-state index in [9.17, 15) is 9.59 Å². The van der Waals surface area contributed by atoms with Gasteiger partial charge in [-0.25, -0.2) is 0 Å². The summed E-state index contributed by atoms with van der Waals surface area (Å²) in [7, 11) is 1.49. The Morgan fingerprint density at radius 1 is 1.24 bits per heavy atom. The highest BCUT2D eigenvalue weighted by atomic mass is 35.5. The first-order chi connectivity index (χ1) is 11.8. The molecule has 2 aromatic rings. The molecule has 1 unspecified atom stereocenters.